The van der Waals surface area contributed by atoms with Gasteiger partial charge in [0.1, 0.15) is 0 Å². The minimum atomic E-state index is 0. The predicted molar refractivity (Wildman–Crippen MR) is 139 cm³/mol. The zero-order valence-corrected chi connectivity index (χ0v) is 20.8. The molecule has 166 valence electrons. The van der Waals surface area contributed by atoms with Gasteiger partial charge < -0.3 is 20.1 Å². The fourth-order valence-electron chi connectivity index (χ4n) is 3.46. The summed E-state index contributed by atoms with van der Waals surface area (Å²) < 4.78 is 2.29. The molecule has 0 saturated carbocycles. The summed E-state index contributed by atoms with van der Waals surface area (Å²) in [5.74, 6) is 0.825. The van der Waals surface area contributed by atoms with Crippen LogP contribution in [0.1, 0.15) is 22.3 Å². The molecule has 1 heterocycles. The molecule has 1 aromatic heterocycles. The third kappa shape index (κ3) is 6.99. The first kappa shape index (κ1) is 24.7. The van der Waals surface area contributed by atoms with E-state index in [9.17, 15) is 4.79 Å². The Kier molecular flexibility index (Phi) is 9.84. The third-order valence-electron chi connectivity index (χ3n) is 5.06. The van der Waals surface area contributed by atoms with Gasteiger partial charge >= 0.3 is 0 Å². The van der Waals surface area contributed by atoms with Crippen LogP contribution in [0, 0.1) is 0 Å². The van der Waals surface area contributed by atoms with E-state index in [0.717, 1.165) is 49.6 Å². The SMILES string of the molecule is CN=C(NCCCn1ccc2ccccc21)NCCc1cccc(C(=O)N(C)C)c1.I. The quantitative estimate of drug-likeness (QED) is 0.201. The fraction of sp³-hybridized carbons (Fsp3) is 0.333. The fourth-order valence-corrected chi connectivity index (χ4v) is 3.46. The number of hydrogen-bond donors (Lipinski definition) is 2. The number of nitrogens with one attached hydrogen (secondary N) is 2. The van der Waals surface area contributed by atoms with E-state index in [4.69, 9.17) is 0 Å². The molecule has 3 aromatic rings. The first-order valence-electron chi connectivity index (χ1n) is 10.4. The third-order valence-corrected chi connectivity index (χ3v) is 5.06. The molecule has 0 aliphatic carbocycles. The van der Waals surface area contributed by atoms with E-state index < -0.39 is 0 Å². The number of para-hydroxylation sites is 1. The summed E-state index contributed by atoms with van der Waals surface area (Å²) in [4.78, 5) is 18.0. The van der Waals surface area contributed by atoms with Crippen molar-refractivity contribution in [2.75, 3.05) is 34.2 Å². The van der Waals surface area contributed by atoms with Gasteiger partial charge in [-0.05, 0) is 48.1 Å². The highest BCUT2D eigenvalue weighted by molar-refractivity contribution is 14.0. The average Bonchev–Trinajstić information content (AvgIpc) is 3.18. The first-order chi connectivity index (χ1) is 14.6. The minimum Gasteiger partial charge on any atom is -0.356 e. The number of amides is 1. The van der Waals surface area contributed by atoms with Crippen LogP contribution in [-0.4, -0.2) is 55.6 Å². The number of fused-ring (bicyclic) bond motifs is 1. The lowest BCUT2D eigenvalue weighted by molar-refractivity contribution is 0.0827. The van der Waals surface area contributed by atoms with Crippen molar-refractivity contribution in [3.8, 4) is 0 Å². The number of carbonyl (C=O) groups excluding carboxylic acids is 1. The number of rotatable bonds is 8. The number of guanidine groups is 1. The van der Waals surface area contributed by atoms with Gasteiger partial charge in [-0.3, -0.25) is 9.79 Å². The summed E-state index contributed by atoms with van der Waals surface area (Å²) in [5.41, 5.74) is 3.12. The van der Waals surface area contributed by atoms with Gasteiger partial charge in [-0.15, -0.1) is 24.0 Å². The summed E-state index contributed by atoms with van der Waals surface area (Å²) in [6, 6.07) is 18.4. The Morgan fingerprint density at radius 1 is 1.03 bits per heavy atom. The van der Waals surface area contributed by atoms with Gasteiger partial charge in [0.15, 0.2) is 5.96 Å². The highest BCUT2D eigenvalue weighted by atomic mass is 127. The molecule has 0 aliphatic heterocycles. The second kappa shape index (κ2) is 12.3. The van der Waals surface area contributed by atoms with Crippen LogP contribution < -0.4 is 10.6 Å². The number of halogens is 1. The van der Waals surface area contributed by atoms with Crippen molar-refractivity contribution in [1.82, 2.24) is 20.1 Å². The Labute approximate surface area is 201 Å². The second-order valence-electron chi connectivity index (χ2n) is 7.50. The van der Waals surface area contributed by atoms with Gasteiger partial charge in [-0.2, -0.15) is 0 Å². The predicted octanol–water partition coefficient (Wildman–Crippen LogP) is 3.76. The molecule has 0 radical (unpaired) electrons. The van der Waals surface area contributed by atoms with E-state index in [-0.39, 0.29) is 29.9 Å². The lowest BCUT2D eigenvalue weighted by Crippen LogP contribution is -2.39. The Hall–Kier alpha value is -2.55. The summed E-state index contributed by atoms with van der Waals surface area (Å²) in [6.07, 6.45) is 3.98. The Morgan fingerprint density at radius 3 is 2.58 bits per heavy atom. The lowest BCUT2D eigenvalue weighted by atomic mass is 10.1. The Morgan fingerprint density at radius 2 is 1.81 bits per heavy atom. The largest absolute Gasteiger partial charge is 0.356 e. The van der Waals surface area contributed by atoms with Gasteiger partial charge in [-0.1, -0.05) is 30.3 Å². The second-order valence-corrected chi connectivity index (χ2v) is 7.50. The van der Waals surface area contributed by atoms with Crippen molar-refractivity contribution < 1.29 is 4.79 Å². The first-order valence-corrected chi connectivity index (χ1v) is 10.4. The van der Waals surface area contributed by atoms with Gasteiger partial charge in [0.05, 0.1) is 0 Å². The highest BCUT2D eigenvalue weighted by Crippen LogP contribution is 2.15. The number of nitrogens with zero attached hydrogens (tertiary/aromatic N) is 3. The maximum Gasteiger partial charge on any atom is 0.253 e. The van der Waals surface area contributed by atoms with Crippen LogP contribution in [0.15, 0.2) is 65.8 Å². The lowest BCUT2D eigenvalue weighted by Gasteiger charge is -2.13. The van der Waals surface area contributed by atoms with Crippen LogP contribution in [0.2, 0.25) is 0 Å². The molecule has 0 saturated heterocycles. The summed E-state index contributed by atoms with van der Waals surface area (Å²) in [5, 5.41) is 8.00. The molecule has 2 N–H and O–H groups in total. The molecule has 3 rings (SSSR count). The summed E-state index contributed by atoms with van der Waals surface area (Å²) in [7, 11) is 5.32. The number of aryl methyl sites for hydroxylation is 1. The molecule has 0 spiro atoms. The van der Waals surface area contributed by atoms with Crippen LogP contribution in [0.4, 0.5) is 0 Å². The molecule has 0 unspecified atom stereocenters. The summed E-state index contributed by atoms with van der Waals surface area (Å²) in [6.45, 7) is 2.56. The zero-order chi connectivity index (χ0) is 21.3. The zero-order valence-electron chi connectivity index (χ0n) is 18.5. The molecular formula is C24H32IN5O. The van der Waals surface area contributed by atoms with E-state index in [1.54, 1.807) is 26.0 Å². The monoisotopic (exact) mass is 533 g/mol. The van der Waals surface area contributed by atoms with Crippen molar-refractivity contribution in [2.45, 2.75) is 19.4 Å². The van der Waals surface area contributed by atoms with Crippen LogP contribution >= 0.6 is 24.0 Å². The van der Waals surface area contributed by atoms with Crippen molar-refractivity contribution in [2.24, 2.45) is 4.99 Å². The van der Waals surface area contributed by atoms with E-state index in [2.05, 4.69) is 56.7 Å². The Balaban J connectivity index is 0.00000341. The molecule has 6 nitrogen and oxygen atoms in total. The molecule has 7 heteroatoms. The molecular weight excluding hydrogens is 501 g/mol. The van der Waals surface area contributed by atoms with Crippen molar-refractivity contribution >= 4 is 46.7 Å². The summed E-state index contributed by atoms with van der Waals surface area (Å²) >= 11 is 0. The van der Waals surface area contributed by atoms with Crippen molar-refractivity contribution in [3.05, 3.63) is 71.9 Å². The number of carbonyl (C=O) groups is 1. The van der Waals surface area contributed by atoms with Gasteiger partial charge in [-0.25, -0.2) is 0 Å². The van der Waals surface area contributed by atoms with E-state index >= 15 is 0 Å². The van der Waals surface area contributed by atoms with Crippen LogP contribution in [0.25, 0.3) is 10.9 Å². The molecule has 2 aromatic carbocycles. The van der Waals surface area contributed by atoms with Crippen LogP contribution in [-0.2, 0) is 13.0 Å². The maximum atomic E-state index is 12.1. The number of aromatic nitrogens is 1. The number of benzene rings is 2. The van der Waals surface area contributed by atoms with E-state index in [0.29, 0.717) is 0 Å². The van der Waals surface area contributed by atoms with Crippen molar-refractivity contribution in [1.29, 1.82) is 0 Å². The van der Waals surface area contributed by atoms with Gasteiger partial charge in [0.2, 0.25) is 0 Å². The van der Waals surface area contributed by atoms with Gasteiger partial charge in [0, 0.05) is 58.1 Å². The minimum absolute atomic E-state index is 0. The average molecular weight is 533 g/mol. The maximum absolute atomic E-state index is 12.1. The number of aliphatic imine (C=N–C) groups is 1. The topological polar surface area (TPSA) is 61.7 Å². The van der Waals surface area contributed by atoms with Crippen molar-refractivity contribution in [3.63, 3.8) is 0 Å². The highest BCUT2D eigenvalue weighted by Gasteiger charge is 2.08. The molecule has 0 atom stereocenters. The van der Waals surface area contributed by atoms with E-state index in [1.165, 1.54) is 10.9 Å². The number of hydrogen-bond acceptors (Lipinski definition) is 2. The molecule has 1 amide bonds. The molecule has 31 heavy (non-hydrogen) atoms. The smallest absolute Gasteiger partial charge is 0.253 e. The van der Waals surface area contributed by atoms with E-state index in [1.807, 2.05) is 24.3 Å². The molecule has 0 fully saturated rings. The standard InChI is InChI=1S/C24H31N5O.HI/c1-25-24(26-14-7-16-29-17-13-20-9-4-5-11-22(20)29)27-15-12-19-8-6-10-21(18-19)23(30)28(2)3;/h4-6,8-11,13,17-18H,7,12,14-16H2,1-3H3,(H2,25,26,27);1H. The van der Waals surface area contributed by atoms with Gasteiger partial charge in [0.25, 0.3) is 5.91 Å². The van der Waals surface area contributed by atoms with Crippen LogP contribution in [0.3, 0.4) is 0 Å². The molecule has 0 aliphatic rings. The van der Waals surface area contributed by atoms with Crippen LogP contribution in [0.5, 0.6) is 0 Å². The Bertz CT molecular complexity index is 1010. The normalized spacial score (nSPS) is 11.1. The molecule has 0 bridgehead atoms.